The second-order valence-electron chi connectivity index (χ2n) is 13.0. The van der Waals surface area contributed by atoms with Gasteiger partial charge in [-0.2, -0.15) is 10.4 Å². The summed E-state index contributed by atoms with van der Waals surface area (Å²) < 4.78 is 7.67. The highest BCUT2D eigenvalue weighted by atomic mass is 16.5. The molecule has 34 heavy (non-hydrogen) atoms. The first kappa shape index (κ1) is 24.3. The molecule has 188 valence electrons. The fraction of sp³-hybridized carbons (Fsp3) is 0.862. The molecule has 0 aliphatic heterocycles. The summed E-state index contributed by atoms with van der Waals surface area (Å²) in [6.07, 6.45) is 13.0. The first-order valence-electron chi connectivity index (χ1n) is 14.0. The topological polar surface area (TPSA) is 71.1 Å². The number of aromatic nitrogens is 2. The second kappa shape index (κ2) is 8.93. The van der Waals surface area contributed by atoms with E-state index in [-0.39, 0.29) is 0 Å². The van der Waals surface area contributed by atoms with E-state index in [4.69, 9.17) is 10.00 Å². The molecular formula is C29H45N3O2. The molecule has 9 atom stereocenters. The molecule has 5 rings (SSSR count). The van der Waals surface area contributed by atoms with Crippen molar-refractivity contribution in [3.63, 3.8) is 0 Å². The average molecular weight is 468 g/mol. The van der Waals surface area contributed by atoms with Crippen LogP contribution in [0.1, 0.15) is 91.2 Å². The number of hydrogen-bond donors (Lipinski definition) is 1. The summed E-state index contributed by atoms with van der Waals surface area (Å²) in [5, 5.41) is 24.8. The third-order valence-electron chi connectivity index (χ3n) is 11.4. The molecule has 4 aliphatic carbocycles. The van der Waals surface area contributed by atoms with Crippen LogP contribution in [-0.2, 0) is 11.3 Å². The Labute approximate surface area is 206 Å². The quantitative estimate of drug-likeness (QED) is 0.572. The van der Waals surface area contributed by atoms with E-state index in [0.717, 1.165) is 49.5 Å². The Kier molecular flexibility index (Phi) is 6.39. The molecule has 1 aromatic rings. The normalized spacial score (nSPS) is 44.5. The summed E-state index contributed by atoms with van der Waals surface area (Å²) in [7, 11) is 0. The molecule has 1 heterocycles. The predicted octanol–water partition coefficient (Wildman–Crippen LogP) is 5.82. The fourth-order valence-electron chi connectivity index (χ4n) is 9.67. The van der Waals surface area contributed by atoms with Crippen molar-refractivity contribution < 1.29 is 9.84 Å². The monoisotopic (exact) mass is 467 g/mol. The van der Waals surface area contributed by atoms with E-state index in [1.807, 2.05) is 23.9 Å². The number of hydrogen-bond acceptors (Lipinski definition) is 4. The van der Waals surface area contributed by atoms with E-state index < -0.39 is 5.60 Å². The van der Waals surface area contributed by atoms with E-state index in [1.165, 1.54) is 38.5 Å². The van der Waals surface area contributed by atoms with Crippen LogP contribution in [0.15, 0.2) is 12.3 Å². The van der Waals surface area contributed by atoms with Crippen molar-refractivity contribution >= 4 is 0 Å². The molecule has 5 heteroatoms. The van der Waals surface area contributed by atoms with Crippen molar-refractivity contribution in [1.29, 1.82) is 5.26 Å². The molecule has 0 saturated heterocycles. The van der Waals surface area contributed by atoms with Gasteiger partial charge in [-0.3, -0.25) is 4.68 Å². The highest BCUT2D eigenvalue weighted by Crippen LogP contribution is 2.68. The lowest BCUT2D eigenvalue weighted by Crippen LogP contribution is -2.56. The third-order valence-corrected chi connectivity index (χ3v) is 11.4. The van der Waals surface area contributed by atoms with Crippen LogP contribution in [0.4, 0.5) is 0 Å². The van der Waals surface area contributed by atoms with Crippen LogP contribution in [0, 0.1) is 57.7 Å². The van der Waals surface area contributed by atoms with Crippen molar-refractivity contribution in [2.45, 2.75) is 97.6 Å². The molecule has 4 saturated carbocycles. The van der Waals surface area contributed by atoms with Gasteiger partial charge in [0.2, 0.25) is 0 Å². The molecule has 1 unspecified atom stereocenters. The van der Waals surface area contributed by atoms with Crippen LogP contribution in [0.2, 0.25) is 0 Å². The number of rotatable bonds is 6. The van der Waals surface area contributed by atoms with Crippen LogP contribution in [0.5, 0.6) is 0 Å². The Balaban J connectivity index is 1.29. The number of fused-ring (bicyclic) bond motifs is 5. The number of nitriles is 1. The van der Waals surface area contributed by atoms with Crippen LogP contribution in [-0.4, -0.2) is 33.7 Å². The summed E-state index contributed by atoms with van der Waals surface area (Å²) in [4.78, 5) is 0. The van der Waals surface area contributed by atoms with Crippen molar-refractivity contribution in [1.82, 2.24) is 9.78 Å². The molecule has 0 bridgehead atoms. The first-order chi connectivity index (χ1) is 16.2. The highest BCUT2D eigenvalue weighted by molar-refractivity contribution is 5.16. The minimum absolute atomic E-state index is 0.384. The van der Waals surface area contributed by atoms with E-state index in [2.05, 4.69) is 31.9 Å². The maximum atomic E-state index is 11.2. The van der Waals surface area contributed by atoms with Gasteiger partial charge in [0.05, 0.1) is 12.2 Å². The van der Waals surface area contributed by atoms with E-state index in [1.54, 1.807) is 0 Å². The van der Waals surface area contributed by atoms with Gasteiger partial charge in [-0.25, -0.2) is 0 Å². The minimum atomic E-state index is -0.609. The number of aliphatic hydroxyl groups is 1. The predicted molar refractivity (Wildman–Crippen MR) is 133 cm³/mol. The molecule has 0 spiro atoms. The van der Waals surface area contributed by atoms with Gasteiger partial charge in [-0.05, 0) is 117 Å². The van der Waals surface area contributed by atoms with Gasteiger partial charge < -0.3 is 9.84 Å². The zero-order valence-electron chi connectivity index (χ0n) is 21.8. The Hall–Kier alpha value is -1.38. The van der Waals surface area contributed by atoms with Crippen LogP contribution in [0.25, 0.3) is 0 Å². The SMILES string of the molecule is CCOC[C@@]1(O)CC[C@@]2(C)[C@H](CC[C@@H]3[C@@H]2CC[C@]2(C)C([C@H](C)Cn4ccc(C#N)n4)CC[C@@H]32)C1. The van der Waals surface area contributed by atoms with Gasteiger partial charge in [-0.15, -0.1) is 0 Å². The van der Waals surface area contributed by atoms with E-state index in [0.29, 0.717) is 41.6 Å². The molecule has 1 N–H and O–H groups in total. The minimum Gasteiger partial charge on any atom is -0.387 e. The van der Waals surface area contributed by atoms with Crippen molar-refractivity contribution in [3.05, 3.63) is 18.0 Å². The standard InChI is InChI=1S/C29H45N3O2/c1-5-34-19-29(33)14-13-27(3)21(16-29)6-7-23-25-9-8-24(28(25,4)12-10-26(23)27)20(2)18-32-15-11-22(17-30)31-32/h11,15,20-21,23-26,33H,5-10,12-14,16,18-19H2,1-4H3/t20-,21-,23+,24?,25+,26+,27+,28-,29-/m1/s1. The smallest absolute Gasteiger partial charge is 0.162 e. The Bertz CT molecular complexity index is 923. The second-order valence-corrected chi connectivity index (χ2v) is 13.0. The zero-order valence-corrected chi connectivity index (χ0v) is 21.8. The summed E-state index contributed by atoms with van der Waals surface area (Å²) in [5.74, 6) is 4.47. The van der Waals surface area contributed by atoms with Gasteiger partial charge in [-0.1, -0.05) is 20.8 Å². The molecule has 4 aliphatic rings. The third kappa shape index (κ3) is 3.94. The van der Waals surface area contributed by atoms with Crippen LogP contribution >= 0.6 is 0 Å². The molecule has 4 fully saturated rings. The Morgan fingerprint density at radius 1 is 1.15 bits per heavy atom. The first-order valence-corrected chi connectivity index (χ1v) is 14.0. The maximum Gasteiger partial charge on any atom is 0.162 e. The summed E-state index contributed by atoms with van der Waals surface area (Å²) in [6, 6.07) is 3.99. The fourth-order valence-corrected chi connectivity index (χ4v) is 9.67. The molecule has 5 nitrogen and oxygen atoms in total. The summed E-state index contributed by atoms with van der Waals surface area (Å²) in [6.45, 7) is 11.7. The average Bonchev–Trinajstić information content (AvgIpc) is 3.42. The lowest BCUT2D eigenvalue weighted by Gasteiger charge is -2.62. The van der Waals surface area contributed by atoms with Crippen LogP contribution in [0.3, 0.4) is 0 Å². The molecule has 0 radical (unpaired) electrons. The lowest BCUT2D eigenvalue weighted by molar-refractivity contribution is -0.166. The highest BCUT2D eigenvalue weighted by Gasteiger charge is 2.61. The number of nitrogens with zero attached hydrogens (tertiary/aromatic N) is 3. The van der Waals surface area contributed by atoms with Crippen molar-refractivity contribution in [3.8, 4) is 6.07 Å². The van der Waals surface area contributed by atoms with Crippen molar-refractivity contribution in [2.75, 3.05) is 13.2 Å². The maximum absolute atomic E-state index is 11.2. The van der Waals surface area contributed by atoms with Gasteiger partial charge in [0, 0.05) is 19.3 Å². The molecular weight excluding hydrogens is 422 g/mol. The van der Waals surface area contributed by atoms with Gasteiger partial charge in [0.1, 0.15) is 6.07 Å². The Morgan fingerprint density at radius 2 is 1.94 bits per heavy atom. The Morgan fingerprint density at radius 3 is 2.68 bits per heavy atom. The summed E-state index contributed by atoms with van der Waals surface area (Å²) >= 11 is 0. The molecule has 1 aromatic heterocycles. The van der Waals surface area contributed by atoms with Gasteiger partial charge in [0.15, 0.2) is 5.69 Å². The van der Waals surface area contributed by atoms with E-state index >= 15 is 0 Å². The van der Waals surface area contributed by atoms with Crippen LogP contribution < -0.4 is 0 Å². The van der Waals surface area contributed by atoms with E-state index in [9.17, 15) is 5.11 Å². The molecule has 0 aromatic carbocycles. The van der Waals surface area contributed by atoms with Crippen molar-refractivity contribution in [2.24, 2.45) is 46.3 Å². The zero-order chi connectivity index (χ0) is 24.1. The molecule has 0 amide bonds. The summed E-state index contributed by atoms with van der Waals surface area (Å²) in [5.41, 5.74) is 0.727. The van der Waals surface area contributed by atoms with Gasteiger partial charge in [0.25, 0.3) is 0 Å². The lowest BCUT2D eigenvalue weighted by atomic mass is 9.43. The largest absolute Gasteiger partial charge is 0.387 e. The van der Waals surface area contributed by atoms with Gasteiger partial charge >= 0.3 is 0 Å². The number of ether oxygens (including phenoxy) is 1.